The maximum atomic E-state index is 5.16. The van der Waals surface area contributed by atoms with E-state index in [0.717, 1.165) is 51.4 Å². The fourth-order valence-electron chi connectivity index (χ4n) is 1.23. The average molecular weight is 411 g/mol. The SMILES string of the molecule is C#CCCCCC#[C][Hg][C]#CCCCCC#C. The van der Waals surface area contributed by atoms with Gasteiger partial charge in [-0.1, -0.05) is 0 Å². The Labute approximate surface area is 119 Å². The Balaban J connectivity index is 3.32. The van der Waals surface area contributed by atoms with Gasteiger partial charge in [-0.05, 0) is 0 Å². The first-order valence-corrected chi connectivity index (χ1v) is 11.7. The molecule has 0 unspecified atom stereocenters. The summed E-state index contributed by atoms with van der Waals surface area (Å²) in [6.07, 6.45) is 18.5. The summed E-state index contributed by atoms with van der Waals surface area (Å²) in [7, 11) is 0. The number of unbranched alkanes of at least 4 members (excludes halogenated alkanes) is 6. The molecule has 0 amide bonds. The van der Waals surface area contributed by atoms with E-state index in [1.165, 1.54) is 0 Å². The van der Waals surface area contributed by atoms with Gasteiger partial charge in [0.1, 0.15) is 0 Å². The summed E-state index contributed by atoms with van der Waals surface area (Å²) >= 11 is -1.16. The van der Waals surface area contributed by atoms with Crippen molar-refractivity contribution in [1.82, 2.24) is 0 Å². The van der Waals surface area contributed by atoms with Crippen LogP contribution in [-0.2, 0) is 24.6 Å². The van der Waals surface area contributed by atoms with Crippen LogP contribution in [-0.4, -0.2) is 0 Å². The van der Waals surface area contributed by atoms with Crippen molar-refractivity contribution in [3.8, 4) is 43.4 Å². The van der Waals surface area contributed by atoms with Crippen LogP contribution in [0.15, 0.2) is 0 Å². The summed E-state index contributed by atoms with van der Waals surface area (Å²) in [6.45, 7) is 0. The van der Waals surface area contributed by atoms with E-state index in [0.29, 0.717) is 0 Å². The standard InChI is InChI=1S/2C8H9.Hg/c2*1-3-5-7-8-6-4-2;/h2*1H,5-8H2;. The summed E-state index contributed by atoms with van der Waals surface area (Å²) in [6, 6.07) is 0. The first-order valence-electron chi connectivity index (χ1n) is 6.20. The first-order chi connectivity index (χ1) is 8.41. The van der Waals surface area contributed by atoms with Crippen LogP contribution in [0.5, 0.6) is 0 Å². The van der Waals surface area contributed by atoms with E-state index in [2.05, 4.69) is 30.5 Å². The molecule has 0 nitrogen and oxygen atoms in total. The number of rotatable bonds is 6. The van der Waals surface area contributed by atoms with Gasteiger partial charge in [0.15, 0.2) is 0 Å². The molecule has 0 N–H and O–H groups in total. The van der Waals surface area contributed by atoms with Crippen molar-refractivity contribution >= 4 is 0 Å². The Bertz CT molecular complexity index is 332. The molecule has 0 bridgehead atoms. The van der Waals surface area contributed by atoms with E-state index in [9.17, 15) is 0 Å². The van der Waals surface area contributed by atoms with Crippen LogP contribution in [0.4, 0.5) is 0 Å². The second kappa shape index (κ2) is 15.2. The van der Waals surface area contributed by atoms with Crippen LogP contribution in [0, 0.1) is 43.4 Å². The van der Waals surface area contributed by atoms with Gasteiger partial charge in [0.05, 0.1) is 0 Å². The van der Waals surface area contributed by atoms with Gasteiger partial charge in [0.25, 0.3) is 0 Å². The molecule has 0 atom stereocenters. The molecular formula is C16H18Hg. The van der Waals surface area contributed by atoms with Gasteiger partial charge in [0, 0.05) is 0 Å². The Hall–Kier alpha value is -0.825. The first kappa shape index (κ1) is 16.2. The second-order valence-electron chi connectivity index (χ2n) is 3.71. The monoisotopic (exact) mass is 412 g/mol. The molecule has 0 aliphatic rings. The molecular weight excluding hydrogens is 393 g/mol. The molecule has 0 aliphatic carbocycles. The zero-order valence-electron chi connectivity index (χ0n) is 10.5. The number of hydrogen-bond donors (Lipinski definition) is 0. The van der Waals surface area contributed by atoms with Crippen molar-refractivity contribution < 1.29 is 24.6 Å². The molecule has 0 spiro atoms. The van der Waals surface area contributed by atoms with E-state index >= 15 is 0 Å². The second-order valence-corrected chi connectivity index (χ2v) is 7.83. The zero-order chi connectivity index (χ0) is 12.6. The normalized spacial score (nSPS) is 7.41. The van der Waals surface area contributed by atoms with Gasteiger partial charge in [-0.25, -0.2) is 0 Å². The van der Waals surface area contributed by atoms with Gasteiger partial charge < -0.3 is 0 Å². The van der Waals surface area contributed by atoms with Gasteiger partial charge in [-0.3, -0.25) is 0 Å². The molecule has 0 rings (SSSR count). The quantitative estimate of drug-likeness (QED) is 0.358. The predicted octanol–water partition coefficient (Wildman–Crippen LogP) is 3.38. The van der Waals surface area contributed by atoms with Gasteiger partial charge in [-0.15, -0.1) is 0 Å². The van der Waals surface area contributed by atoms with E-state index < -0.39 is 24.6 Å². The fourth-order valence-corrected chi connectivity index (χ4v) is 3.92. The predicted molar refractivity (Wildman–Crippen MR) is 70.2 cm³/mol. The third-order valence-corrected chi connectivity index (χ3v) is 5.49. The zero-order valence-corrected chi connectivity index (χ0v) is 16.0. The Morgan fingerprint density at radius 1 is 0.647 bits per heavy atom. The third-order valence-electron chi connectivity index (χ3n) is 2.17. The fraction of sp³-hybridized carbons (Fsp3) is 0.500. The van der Waals surface area contributed by atoms with Crippen LogP contribution < -0.4 is 0 Å². The molecule has 0 saturated carbocycles. The Morgan fingerprint density at radius 3 is 1.47 bits per heavy atom. The van der Waals surface area contributed by atoms with E-state index in [1.54, 1.807) is 0 Å². The van der Waals surface area contributed by atoms with Crippen LogP contribution >= 0.6 is 0 Å². The molecule has 0 saturated heterocycles. The Morgan fingerprint density at radius 2 is 1.06 bits per heavy atom. The summed E-state index contributed by atoms with van der Waals surface area (Å²) in [5.74, 6) is 11.7. The number of terminal acetylenes is 2. The van der Waals surface area contributed by atoms with Crippen molar-refractivity contribution in [2.45, 2.75) is 51.4 Å². The average Bonchev–Trinajstić information content (AvgIpc) is 2.35. The van der Waals surface area contributed by atoms with Crippen LogP contribution in [0.25, 0.3) is 0 Å². The van der Waals surface area contributed by atoms with Gasteiger partial charge in [0.2, 0.25) is 0 Å². The minimum atomic E-state index is -1.16. The summed E-state index contributed by atoms with van der Waals surface area (Å²) in [4.78, 5) is 0. The minimum absolute atomic E-state index is 0.878. The molecule has 0 aromatic rings. The molecule has 0 heterocycles. The Kier molecular flexibility index (Phi) is 14.4. The van der Waals surface area contributed by atoms with E-state index in [1.807, 2.05) is 0 Å². The van der Waals surface area contributed by atoms with Crippen molar-refractivity contribution in [3.63, 3.8) is 0 Å². The van der Waals surface area contributed by atoms with Crippen LogP contribution in [0.2, 0.25) is 0 Å². The summed E-state index contributed by atoms with van der Waals surface area (Å²) < 4.78 is 6.56. The topological polar surface area (TPSA) is 0 Å². The van der Waals surface area contributed by atoms with Crippen molar-refractivity contribution in [3.05, 3.63) is 0 Å². The van der Waals surface area contributed by atoms with E-state index in [-0.39, 0.29) is 0 Å². The molecule has 0 radical (unpaired) electrons. The molecule has 17 heavy (non-hydrogen) atoms. The van der Waals surface area contributed by atoms with Crippen molar-refractivity contribution in [2.75, 3.05) is 0 Å². The number of hydrogen-bond acceptors (Lipinski definition) is 0. The molecule has 0 aromatic carbocycles. The van der Waals surface area contributed by atoms with Gasteiger partial charge in [-0.2, -0.15) is 0 Å². The molecule has 1 heteroatoms. The van der Waals surface area contributed by atoms with Crippen LogP contribution in [0.3, 0.4) is 0 Å². The van der Waals surface area contributed by atoms with E-state index in [4.69, 9.17) is 12.8 Å². The molecule has 0 fully saturated rings. The molecule has 0 aliphatic heterocycles. The third kappa shape index (κ3) is 15.2. The van der Waals surface area contributed by atoms with Crippen molar-refractivity contribution in [2.24, 2.45) is 0 Å². The van der Waals surface area contributed by atoms with Crippen molar-refractivity contribution in [1.29, 1.82) is 0 Å². The van der Waals surface area contributed by atoms with Gasteiger partial charge >= 0.3 is 119 Å². The summed E-state index contributed by atoms with van der Waals surface area (Å²) in [5, 5.41) is 0. The molecule has 84 valence electrons. The van der Waals surface area contributed by atoms with Crippen LogP contribution in [0.1, 0.15) is 51.4 Å². The maximum absolute atomic E-state index is 5.16. The molecule has 0 aromatic heterocycles. The summed E-state index contributed by atoms with van der Waals surface area (Å²) in [5.41, 5.74) is 0.